The molecule has 1 aromatic carbocycles. The zero-order valence-electron chi connectivity index (χ0n) is 12.0. The van der Waals surface area contributed by atoms with Gasteiger partial charge in [0.15, 0.2) is 0 Å². The van der Waals surface area contributed by atoms with E-state index in [1.165, 1.54) is 6.26 Å². The topological polar surface area (TPSA) is 91.6 Å². The van der Waals surface area contributed by atoms with Crippen LogP contribution in [0.1, 0.15) is 17.7 Å². The third-order valence-corrected chi connectivity index (χ3v) is 3.10. The molecule has 0 bridgehead atoms. The van der Waals surface area contributed by atoms with Gasteiger partial charge in [0.25, 0.3) is 0 Å². The highest BCUT2D eigenvalue weighted by Crippen LogP contribution is 2.16. The second-order valence-corrected chi connectivity index (χ2v) is 4.76. The smallest absolute Gasteiger partial charge is 0.239 e. The van der Waals surface area contributed by atoms with Crippen molar-refractivity contribution < 1.29 is 19.1 Å². The molecule has 0 spiro atoms. The number of nitrogens with one attached hydrogen (secondary N) is 2. The number of benzene rings is 1. The maximum atomic E-state index is 11.7. The van der Waals surface area contributed by atoms with Crippen molar-refractivity contribution in [1.29, 1.82) is 0 Å². The molecule has 0 unspecified atom stereocenters. The number of carbonyl (C=O) groups excluding carboxylic acids is 2. The van der Waals surface area contributed by atoms with Crippen LogP contribution in [0, 0.1) is 0 Å². The number of hydrogen-bond acceptors (Lipinski definition) is 4. The average molecular weight is 302 g/mol. The molecule has 3 N–H and O–H groups in total. The summed E-state index contributed by atoms with van der Waals surface area (Å²) in [5.41, 5.74) is 0.708. The molecule has 0 saturated heterocycles. The quantitative estimate of drug-likeness (QED) is 0.720. The number of hydrogen-bond donors (Lipinski definition) is 3. The number of amides is 2. The Morgan fingerprint density at radius 3 is 2.59 bits per heavy atom. The summed E-state index contributed by atoms with van der Waals surface area (Å²) in [6.07, 6.45) is 2.16. The molecule has 0 radical (unpaired) electrons. The minimum absolute atomic E-state index is 0.0830. The zero-order valence-corrected chi connectivity index (χ0v) is 12.0. The lowest BCUT2D eigenvalue weighted by atomic mass is 10.1. The van der Waals surface area contributed by atoms with E-state index >= 15 is 0 Å². The summed E-state index contributed by atoms with van der Waals surface area (Å²) in [6.45, 7) is 0.208. The number of phenolic OH excluding ortho intramolecular Hbond substituents is 1. The molecule has 0 fully saturated rings. The Kier molecular flexibility index (Phi) is 5.59. The number of para-hydroxylation sites is 1. The second-order valence-electron chi connectivity index (χ2n) is 4.76. The van der Waals surface area contributed by atoms with Crippen molar-refractivity contribution in [3.8, 4) is 5.75 Å². The van der Waals surface area contributed by atoms with Gasteiger partial charge in [-0.3, -0.25) is 9.59 Å². The Hall–Kier alpha value is -2.76. The summed E-state index contributed by atoms with van der Waals surface area (Å²) in [6, 6.07) is 10.4. The predicted octanol–water partition coefficient (Wildman–Crippen LogP) is 1.35. The summed E-state index contributed by atoms with van der Waals surface area (Å²) in [5, 5.41) is 14.8. The summed E-state index contributed by atoms with van der Waals surface area (Å²) in [5.74, 6) is 0.300. The van der Waals surface area contributed by atoms with E-state index in [2.05, 4.69) is 10.6 Å². The normalized spacial score (nSPS) is 10.2. The number of rotatable bonds is 7. The number of aryl methyl sites for hydroxylation is 1. The molecule has 0 aliphatic rings. The van der Waals surface area contributed by atoms with Crippen LogP contribution in [0.25, 0.3) is 0 Å². The standard InChI is InChI=1S/C16H18N2O4/c19-14-6-2-1-4-12(14)7-8-15(20)18-11-16(21)17-10-13-5-3-9-22-13/h1-6,9,19H,7-8,10-11H2,(H,17,21)(H,18,20). The van der Waals surface area contributed by atoms with E-state index in [0.717, 1.165) is 0 Å². The Balaban J connectivity index is 1.65. The number of furan rings is 1. The fourth-order valence-electron chi connectivity index (χ4n) is 1.90. The fourth-order valence-corrected chi connectivity index (χ4v) is 1.90. The average Bonchev–Trinajstić information content (AvgIpc) is 3.03. The third kappa shape index (κ3) is 4.97. The molecule has 0 atom stereocenters. The first-order valence-corrected chi connectivity index (χ1v) is 6.98. The molecular weight excluding hydrogens is 284 g/mol. The van der Waals surface area contributed by atoms with E-state index < -0.39 is 0 Å². The van der Waals surface area contributed by atoms with E-state index in [4.69, 9.17) is 4.42 Å². The Labute approximate surface area is 128 Å². The van der Waals surface area contributed by atoms with E-state index in [9.17, 15) is 14.7 Å². The van der Waals surface area contributed by atoms with Gasteiger partial charge in [0.05, 0.1) is 19.4 Å². The van der Waals surface area contributed by atoms with Crippen molar-refractivity contribution in [2.75, 3.05) is 6.54 Å². The molecule has 2 amide bonds. The minimum atomic E-state index is -0.285. The van der Waals surface area contributed by atoms with Crippen LogP contribution in [0.3, 0.4) is 0 Å². The maximum Gasteiger partial charge on any atom is 0.239 e. The highest BCUT2D eigenvalue weighted by Gasteiger charge is 2.08. The lowest BCUT2D eigenvalue weighted by molar-refractivity contribution is -0.126. The van der Waals surface area contributed by atoms with Gasteiger partial charge < -0.3 is 20.2 Å². The first-order valence-electron chi connectivity index (χ1n) is 6.98. The highest BCUT2D eigenvalue weighted by molar-refractivity contribution is 5.84. The van der Waals surface area contributed by atoms with Crippen LogP contribution in [0.15, 0.2) is 47.1 Å². The van der Waals surface area contributed by atoms with E-state index in [0.29, 0.717) is 24.3 Å². The third-order valence-electron chi connectivity index (χ3n) is 3.10. The Bertz CT molecular complexity index is 623. The maximum absolute atomic E-state index is 11.7. The summed E-state index contributed by atoms with van der Waals surface area (Å²) in [7, 11) is 0. The number of aromatic hydroxyl groups is 1. The highest BCUT2D eigenvalue weighted by atomic mass is 16.3. The van der Waals surface area contributed by atoms with Gasteiger partial charge in [-0.2, -0.15) is 0 Å². The van der Waals surface area contributed by atoms with E-state index in [1.807, 2.05) is 0 Å². The molecule has 0 aliphatic carbocycles. The lowest BCUT2D eigenvalue weighted by Gasteiger charge is -2.07. The first kappa shape index (κ1) is 15.6. The summed E-state index contributed by atoms with van der Waals surface area (Å²) in [4.78, 5) is 23.2. The lowest BCUT2D eigenvalue weighted by Crippen LogP contribution is -2.36. The van der Waals surface area contributed by atoms with E-state index in [-0.39, 0.29) is 30.5 Å². The summed E-state index contributed by atoms with van der Waals surface area (Å²) < 4.78 is 5.08. The molecule has 0 aliphatic heterocycles. The SMILES string of the molecule is O=C(CCc1ccccc1O)NCC(=O)NCc1ccco1. The van der Waals surface area contributed by atoms with Gasteiger partial charge in [-0.15, -0.1) is 0 Å². The van der Waals surface area contributed by atoms with Crippen LogP contribution < -0.4 is 10.6 Å². The van der Waals surface area contributed by atoms with Gasteiger partial charge >= 0.3 is 0 Å². The van der Waals surface area contributed by atoms with Gasteiger partial charge in [0.1, 0.15) is 11.5 Å². The molecule has 0 saturated carbocycles. The summed E-state index contributed by atoms with van der Waals surface area (Å²) >= 11 is 0. The molecule has 2 rings (SSSR count). The predicted molar refractivity (Wildman–Crippen MR) is 80.0 cm³/mol. The van der Waals surface area contributed by atoms with E-state index in [1.54, 1.807) is 36.4 Å². The number of carbonyl (C=O) groups is 2. The largest absolute Gasteiger partial charge is 0.508 e. The van der Waals surface area contributed by atoms with Gasteiger partial charge in [-0.1, -0.05) is 18.2 Å². The molecule has 22 heavy (non-hydrogen) atoms. The molecule has 2 aromatic rings. The van der Waals surface area contributed by atoms with Gasteiger partial charge in [0, 0.05) is 6.42 Å². The van der Waals surface area contributed by atoms with Crippen LogP contribution in [-0.2, 0) is 22.6 Å². The van der Waals surface area contributed by atoms with Crippen LogP contribution in [-0.4, -0.2) is 23.5 Å². The first-order chi connectivity index (χ1) is 10.6. The van der Waals surface area contributed by atoms with Gasteiger partial charge in [-0.25, -0.2) is 0 Å². The van der Waals surface area contributed by atoms with Gasteiger partial charge in [-0.05, 0) is 30.2 Å². The van der Waals surface area contributed by atoms with Crippen LogP contribution in [0.5, 0.6) is 5.75 Å². The molecular formula is C16H18N2O4. The molecule has 6 heteroatoms. The Morgan fingerprint density at radius 1 is 1.05 bits per heavy atom. The van der Waals surface area contributed by atoms with Crippen LogP contribution in [0.4, 0.5) is 0 Å². The molecule has 116 valence electrons. The molecule has 1 heterocycles. The van der Waals surface area contributed by atoms with Crippen molar-refractivity contribution in [2.24, 2.45) is 0 Å². The monoisotopic (exact) mass is 302 g/mol. The van der Waals surface area contributed by atoms with Gasteiger partial charge in [0.2, 0.25) is 11.8 Å². The molecule has 6 nitrogen and oxygen atoms in total. The van der Waals surface area contributed by atoms with Crippen LogP contribution in [0.2, 0.25) is 0 Å². The van der Waals surface area contributed by atoms with Crippen molar-refractivity contribution in [2.45, 2.75) is 19.4 Å². The fraction of sp³-hybridized carbons (Fsp3) is 0.250. The van der Waals surface area contributed by atoms with Crippen molar-refractivity contribution in [1.82, 2.24) is 10.6 Å². The zero-order chi connectivity index (χ0) is 15.8. The minimum Gasteiger partial charge on any atom is -0.508 e. The van der Waals surface area contributed by atoms with Crippen molar-refractivity contribution in [3.63, 3.8) is 0 Å². The number of phenols is 1. The molecule has 1 aromatic heterocycles. The Morgan fingerprint density at radius 2 is 1.86 bits per heavy atom. The van der Waals surface area contributed by atoms with Crippen molar-refractivity contribution >= 4 is 11.8 Å². The van der Waals surface area contributed by atoms with Crippen LogP contribution >= 0.6 is 0 Å². The second kappa shape index (κ2) is 7.87. The van der Waals surface area contributed by atoms with Crippen molar-refractivity contribution in [3.05, 3.63) is 54.0 Å².